The number of non-ortho nitro benzene ring substituents is 1. The van der Waals surface area contributed by atoms with Crippen molar-refractivity contribution in [3.63, 3.8) is 0 Å². The number of alkyl halides is 3. The number of carbonyl (C=O) groups excluding carboxylic acids is 1. The number of hydrogen-bond acceptors (Lipinski definition) is 6. The Bertz CT molecular complexity index is 1040. The zero-order valence-corrected chi connectivity index (χ0v) is 16.6. The summed E-state index contributed by atoms with van der Waals surface area (Å²) in [5, 5.41) is 14.0. The van der Waals surface area contributed by atoms with E-state index in [0.717, 1.165) is 31.0 Å². The molecule has 0 bridgehead atoms. The molecule has 2 aliphatic rings. The molecule has 1 fully saturated rings. The highest BCUT2D eigenvalue weighted by atomic mass is 19.4. The Balaban J connectivity index is 1.47. The lowest BCUT2D eigenvalue weighted by molar-refractivity contribution is -0.384. The highest BCUT2D eigenvalue weighted by molar-refractivity contribution is 5.99. The van der Waals surface area contributed by atoms with Gasteiger partial charge in [-0.05, 0) is 49.8 Å². The molecule has 31 heavy (non-hydrogen) atoms. The minimum Gasteiger partial charge on any atom is -0.351 e. The molecular formula is C20H20F3N5O3. The number of halogens is 3. The van der Waals surface area contributed by atoms with Gasteiger partial charge in [0.2, 0.25) is 5.95 Å². The number of benzene rings is 1. The minimum absolute atomic E-state index is 0.0471. The summed E-state index contributed by atoms with van der Waals surface area (Å²) >= 11 is 0. The number of carbonyl (C=O) groups is 1. The summed E-state index contributed by atoms with van der Waals surface area (Å²) in [5.41, 5.74) is -0.0734. The van der Waals surface area contributed by atoms with E-state index in [1.165, 1.54) is 19.1 Å². The molecule has 1 N–H and O–H groups in total. The minimum atomic E-state index is -4.56. The van der Waals surface area contributed by atoms with Gasteiger partial charge in [-0.1, -0.05) is 0 Å². The van der Waals surface area contributed by atoms with Crippen molar-refractivity contribution in [1.29, 1.82) is 0 Å². The summed E-state index contributed by atoms with van der Waals surface area (Å²) in [7, 11) is 0. The Labute approximate surface area is 175 Å². The van der Waals surface area contributed by atoms with Gasteiger partial charge in [0.15, 0.2) is 5.69 Å². The third kappa shape index (κ3) is 4.17. The standard InChI is InChI=1S/C20H20F3N5O3/c1-11-9-24-19(26-17(11)20(21,22)23)25-13-3-2-4-14(7-13)27-10-12-5-6-15(28(30)31)8-16(12)18(27)29/h5-6,8-9,13-14H,2-4,7,10H2,1H3,(H,24,25,26)/t13-,14+/m1/s1. The second kappa shape index (κ2) is 7.78. The van der Waals surface area contributed by atoms with Crippen LogP contribution in [0.2, 0.25) is 0 Å². The topological polar surface area (TPSA) is 101 Å². The highest BCUT2D eigenvalue weighted by Crippen LogP contribution is 2.34. The van der Waals surface area contributed by atoms with Gasteiger partial charge in [-0.25, -0.2) is 9.97 Å². The second-order valence-corrected chi connectivity index (χ2v) is 7.92. The van der Waals surface area contributed by atoms with Crippen molar-refractivity contribution >= 4 is 17.5 Å². The van der Waals surface area contributed by atoms with Crippen LogP contribution in [0.4, 0.5) is 24.8 Å². The summed E-state index contributed by atoms with van der Waals surface area (Å²) in [6.07, 6.45) is -0.639. The quantitative estimate of drug-likeness (QED) is 0.573. The average Bonchev–Trinajstić information content (AvgIpc) is 3.05. The number of anilines is 1. The predicted molar refractivity (Wildman–Crippen MR) is 104 cm³/mol. The molecule has 1 aliphatic carbocycles. The van der Waals surface area contributed by atoms with Gasteiger partial charge in [-0.3, -0.25) is 14.9 Å². The van der Waals surface area contributed by atoms with Crippen LogP contribution in [0, 0.1) is 17.0 Å². The normalized spacial score (nSPS) is 21.2. The number of nitrogens with one attached hydrogen (secondary N) is 1. The summed E-state index contributed by atoms with van der Waals surface area (Å²) in [5.74, 6) is -0.342. The number of nitro groups is 1. The van der Waals surface area contributed by atoms with Crippen molar-refractivity contribution in [3.05, 3.63) is 56.9 Å². The highest BCUT2D eigenvalue weighted by Gasteiger charge is 2.37. The number of aryl methyl sites for hydroxylation is 1. The average molecular weight is 435 g/mol. The molecule has 1 amide bonds. The zero-order chi connectivity index (χ0) is 22.3. The molecule has 0 saturated heterocycles. The third-order valence-corrected chi connectivity index (χ3v) is 5.80. The Hall–Kier alpha value is -3.24. The van der Waals surface area contributed by atoms with E-state index < -0.39 is 16.8 Å². The number of rotatable bonds is 4. The number of nitro benzene ring substituents is 1. The van der Waals surface area contributed by atoms with Gasteiger partial charge in [0.05, 0.1) is 10.5 Å². The number of hydrogen-bond donors (Lipinski definition) is 1. The molecule has 2 aromatic rings. The largest absolute Gasteiger partial charge is 0.433 e. The Morgan fingerprint density at radius 2 is 2.06 bits per heavy atom. The SMILES string of the molecule is Cc1cnc(N[C@@H]2CCC[C@H](N3Cc4ccc([N+](=O)[O-])cc4C3=O)C2)nc1C(F)(F)F. The maximum absolute atomic E-state index is 13.1. The van der Waals surface area contributed by atoms with Gasteiger partial charge in [0.25, 0.3) is 11.6 Å². The van der Waals surface area contributed by atoms with E-state index in [1.807, 2.05) is 0 Å². The first-order valence-electron chi connectivity index (χ1n) is 9.89. The molecule has 1 aromatic heterocycles. The fourth-order valence-corrected chi connectivity index (χ4v) is 4.28. The molecule has 0 radical (unpaired) electrons. The molecule has 2 atom stereocenters. The summed E-state index contributed by atoms with van der Waals surface area (Å²) in [6.45, 7) is 1.67. The van der Waals surface area contributed by atoms with Crippen LogP contribution in [0.3, 0.4) is 0 Å². The van der Waals surface area contributed by atoms with Gasteiger partial charge in [0, 0.05) is 37.0 Å². The van der Waals surface area contributed by atoms with E-state index in [0.29, 0.717) is 18.5 Å². The first-order chi connectivity index (χ1) is 14.6. The molecule has 2 heterocycles. The van der Waals surface area contributed by atoms with E-state index in [-0.39, 0.29) is 35.2 Å². The van der Waals surface area contributed by atoms with Crippen LogP contribution in [0.1, 0.15) is 52.9 Å². The van der Waals surface area contributed by atoms with Gasteiger partial charge < -0.3 is 10.2 Å². The lowest BCUT2D eigenvalue weighted by atomic mass is 9.90. The van der Waals surface area contributed by atoms with Crippen LogP contribution in [-0.4, -0.2) is 37.8 Å². The summed E-state index contributed by atoms with van der Waals surface area (Å²) < 4.78 is 39.4. The van der Waals surface area contributed by atoms with Crippen LogP contribution >= 0.6 is 0 Å². The molecule has 1 saturated carbocycles. The predicted octanol–water partition coefficient (Wildman–Crippen LogP) is 4.09. The van der Waals surface area contributed by atoms with Gasteiger partial charge >= 0.3 is 6.18 Å². The van der Waals surface area contributed by atoms with Crippen LogP contribution in [-0.2, 0) is 12.7 Å². The second-order valence-electron chi connectivity index (χ2n) is 7.92. The summed E-state index contributed by atoms with van der Waals surface area (Å²) in [6, 6.07) is 3.97. The lowest BCUT2D eigenvalue weighted by Gasteiger charge is -2.35. The molecule has 8 nitrogen and oxygen atoms in total. The molecule has 164 valence electrons. The van der Waals surface area contributed by atoms with Crippen LogP contribution in [0.15, 0.2) is 24.4 Å². The fourth-order valence-electron chi connectivity index (χ4n) is 4.28. The Morgan fingerprint density at radius 3 is 2.77 bits per heavy atom. The molecule has 1 aliphatic heterocycles. The van der Waals surface area contributed by atoms with E-state index in [1.54, 1.807) is 11.0 Å². The van der Waals surface area contributed by atoms with Gasteiger partial charge in [-0.15, -0.1) is 0 Å². The first-order valence-corrected chi connectivity index (χ1v) is 9.89. The molecule has 0 spiro atoms. The third-order valence-electron chi connectivity index (χ3n) is 5.80. The van der Waals surface area contributed by atoms with Crippen molar-refractivity contribution in [3.8, 4) is 0 Å². The Morgan fingerprint density at radius 1 is 1.29 bits per heavy atom. The fraction of sp³-hybridized carbons (Fsp3) is 0.450. The summed E-state index contributed by atoms with van der Waals surface area (Å²) in [4.78, 5) is 32.6. The zero-order valence-electron chi connectivity index (χ0n) is 16.6. The van der Waals surface area contributed by atoms with Crippen molar-refractivity contribution in [1.82, 2.24) is 14.9 Å². The van der Waals surface area contributed by atoms with Crippen LogP contribution in [0.25, 0.3) is 0 Å². The van der Waals surface area contributed by atoms with Crippen molar-refractivity contribution in [2.24, 2.45) is 0 Å². The van der Waals surface area contributed by atoms with Crippen molar-refractivity contribution in [2.75, 3.05) is 5.32 Å². The lowest BCUT2D eigenvalue weighted by Crippen LogP contribution is -2.42. The molecule has 0 unspecified atom stereocenters. The van der Waals surface area contributed by atoms with Crippen LogP contribution in [0.5, 0.6) is 0 Å². The number of amides is 1. The smallest absolute Gasteiger partial charge is 0.351 e. The Kier molecular flexibility index (Phi) is 5.28. The molecule has 1 aromatic carbocycles. The number of fused-ring (bicyclic) bond motifs is 1. The molecule has 11 heteroatoms. The van der Waals surface area contributed by atoms with Crippen molar-refractivity contribution < 1.29 is 22.9 Å². The van der Waals surface area contributed by atoms with Gasteiger partial charge in [0.1, 0.15) is 0 Å². The van der Waals surface area contributed by atoms with Gasteiger partial charge in [-0.2, -0.15) is 13.2 Å². The number of nitrogens with zero attached hydrogens (tertiary/aromatic N) is 4. The van der Waals surface area contributed by atoms with E-state index >= 15 is 0 Å². The first kappa shape index (κ1) is 21.0. The van der Waals surface area contributed by atoms with E-state index in [9.17, 15) is 28.1 Å². The van der Waals surface area contributed by atoms with Crippen LogP contribution < -0.4 is 5.32 Å². The monoisotopic (exact) mass is 435 g/mol. The maximum atomic E-state index is 13.1. The van der Waals surface area contributed by atoms with E-state index in [4.69, 9.17) is 0 Å². The number of aromatic nitrogens is 2. The maximum Gasteiger partial charge on any atom is 0.433 e. The molecular weight excluding hydrogens is 415 g/mol. The van der Waals surface area contributed by atoms with Crippen molar-refractivity contribution in [2.45, 2.75) is 57.4 Å². The molecule has 4 rings (SSSR count). The van der Waals surface area contributed by atoms with E-state index in [2.05, 4.69) is 15.3 Å².